The molecular formula is C14H27N5. The van der Waals surface area contributed by atoms with Crippen LogP contribution in [0.1, 0.15) is 51.8 Å². The van der Waals surface area contributed by atoms with Gasteiger partial charge < -0.3 is 5.32 Å². The molecule has 1 heterocycles. The number of hydrogen-bond acceptors (Lipinski definition) is 4. The molecule has 1 aliphatic rings. The lowest BCUT2D eigenvalue weighted by atomic mass is 9.75. The van der Waals surface area contributed by atoms with Crippen molar-refractivity contribution in [1.82, 2.24) is 25.5 Å². The quantitative estimate of drug-likeness (QED) is 0.854. The van der Waals surface area contributed by atoms with E-state index in [1.165, 1.54) is 32.1 Å². The predicted molar refractivity (Wildman–Crippen MR) is 75.7 cm³/mol. The predicted octanol–water partition coefficient (Wildman–Crippen LogP) is 1.95. The Morgan fingerprint density at radius 2 is 2.16 bits per heavy atom. The molecule has 0 amide bonds. The molecule has 0 aliphatic heterocycles. The van der Waals surface area contributed by atoms with Crippen LogP contribution in [0.5, 0.6) is 0 Å². The highest BCUT2D eigenvalue weighted by Crippen LogP contribution is 2.33. The molecule has 5 heteroatoms. The molecule has 1 N–H and O–H groups in total. The van der Waals surface area contributed by atoms with Gasteiger partial charge in [0.1, 0.15) is 0 Å². The summed E-state index contributed by atoms with van der Waals surface area (Å²) >= 11 is 0. The molecule has 3 unspecified atom stereocenters. The topological polar surface area (TPSA) is 55.6 Å². The lowest BCUT2D eigenvalue weighted by Crippen LogP contribution is -2.41. The number of rotatable bonds is 6. The molecule has 1 saturated carbocycles. The van der Waals surface area contributed by atoms with Crippen molar-refractivity contribution in [2.45, 2.75) is 58.4 Å². The van der Waals surface area contributed by atoms with Crippen molar-refractivity contribution >= 4 is 0 Å². The zero-order chi connectivity index (χ0) is 13.7. The van der Waals surface area contributed by atoms with Gasteiger partial charge in [-0.2, -0.15) is 4.80 Å². The van der Waals surface area contributed by atoms with Crippen molar-refractivity contribution in [2.75, 3.05) is 6.54 Å². The highest BCUT2D eigenvalue weighted by molar-refractivity contribution is 4.91. The number of hydrogen-bond donors (Lipinski definition) is 1. The summed E-state index contributed by atoms with van der Waals surface area (Å²) in [6.45, 7) is 5.53. The second-order valence-corrected chi connectivity index (χ2v) is 5.79. The maximum Gasteiger partial charge on any atom is 0.175 e. The molecule has 1 aromatic heterocycles. The van der Waals surface area contributed by atoms with Crippen LogP contribution in [0, 0.1) is 11.8 Å². The van der Waals surface area contributed by atoms with Crippen LogP contribution < -0.4 is 5.32 Å². The molecule has 1 fully saturated rings. The van der Waals surface area contributed by atoms with Crippen molar-refractivity contribution in [3.63, 3.8) is 0 Å². The largest absolute Gasteiger partial charge is 0.314 e. The van der Waals surface area contributed by atoms with E-state index in [1.54, 1.807) is 4.80 Å². The normalized spacial score (nSPS) is 27.6. The van der Waals surface area contributed by atoms with Crippen molar-refractivity contribution in [2.24, 2.45) is 18.9 Å². The standard InChI is InChI=1S/C14H27N5/c1-4-6-11-7-8-13(15-5-2)12(9-11)10-14-16-18-19(3)17-14/h11-13,15H,4-10H2,1-3H3. The zero-order valence-corrected chi connectivity index (χ0v) is 12.5. The van der Waals surface area contributed by atoms with Gasteiger partial charge in [0.05, 0.1) is 7.05 Å². The van der Waals surface area contributed by atoms with Gasteiger partial charge in [0.15, 0.2) is 5.82 Å². The van der Waals surface area contributed by atoms with Crippen LogP contribution >= 0.6 is 0 Å². The van der Waals surface area contributed by atoms with E-state index < -0.39 is 0 Å². The SMILES string of the molecule is CCCC1CCC(NCC)C(Cc2nnn(C)n2)C1. The first-order chi connectivity index (χ1) is 9.22. The summed E-state index contributed by atoms with van der Waals surface area (Å²) in [4.78, 5) is 1.56. The molecule has 0 spiro atoms. The third-order valence-corrected chi connectivity index (χ3v) is 4.25. The van der Waals surface area contributed by atoms with Crippen molar-refractivity contribution in [3.8, 4) is 0 Å². The van der Waals surface area contributed by atoms with E-state index in [0.29, 0.717) is 12.0 Å². The van der Waals surface area contributed by atoms with Gasteiger partial charge in [-0.1, -0.05) is 26.7 Å². The Balaban J connectivity index is 1.98. The summed E-state index contributed by atoms with van der Waals surface area (Å²) in [6.07, 6.45) is 7.60. The van der Waals surface area contributed by atoms with Gasteiger partial charge in [-0.15, -0.1) is 10.2 Å². The van der Waals surface area contributed by atoms with E-state index in [4.69, 9.17) is 0 Å². The first-order valence-electron chi connectivity index (χ1n) is 7.69. The minimum absolute atomic E-state index is 0.627. The second kappa shape index (κ2) is 6.98. The molecule has 0 aromatic carbocycles. The highest BCUT2D eigenvalue weighted by atomic mass is 15.6. The Hall–Kier alpha value is -0.970. The Morgan fingerprint density at radius 3 is 2.79 bits per heavy atom. The van der Waals surface area contributed by atoms with Crippen molar-refractivity contribution < 1.29 is 0 Å². The van der Waals surface area contributed by atoms with E-state index in [0.717, 1.165) is 24.7 Å². The van der Waals surface area contributed by atoms with Gasteiger partial charge in [0.2, 0.25) is 0 Å². The van der Waals surface area contributed by atoms with Crippen LogP contribution in [0.3, 0.4) is 0 Å². The first kappa shape index (κ1) is 14.4. The minimum atomic E-state index is 0.627. The number of nitrogens with one attached hydrogen (secondary N) is 1. The average molecular weight is 265 g/mol. The Labute approximate surface area is 116 Å². The van der Waals surface area contributed by atoms with Crippen LogP contribution in [-0.4, -0.2) is 32.8 Å². The third-order valence-electron chi connectivity index (χ3n) is 4.25. The van der Waals surface area contributed by atoms with Crippen LogP contribution in [0.25, 0.3) is 0 Å². The molecule has 1 aliphatic carbocycles. The third kappa shape index (κ3) is 4.00. The molecular weight excluding hydrogens is 238 g/mol. The molecule has 0 saturated heterocycles. The van der Waals surface area contributed by atoms with Gasteiger partial charge in [0, 0.05) is 12.5 Å². The summed E-state index contributed by atoms with van der Waals surface area (Å²) < 4.78 is 0. The number of nitrogens with zero attached hydrogens (tertiary/aromatic N) is 4. The Kier molecular flexibility index (Phi) is 5.31. The maximum atomic E-state index is 4.34. The summed E-state index contributed by atoms with van der Waals surface area (Å²) in [7, 11) is 1.83. The van der Waals surface area contributed by atoms with Gasteiger partial charge in [-0.05, 0) is 42.9 Å². The molecule has 3 atom stereocenters. The van der Waals surface area contributed by atoms with Gasteiger partial charge in [-0.3, -0.25) is 0 Å². The van der Waals surface area contributed by atoms with Crippen LogP contribution in [0.4, 0.5) is 0 Å². The molecule has 19 heavy (non-hydrogen) atoms. The minimum Gasteiger partial charge on any atom is -0.314 e. The van der Waals surface area contributed by atoms with E-state index in [2.05, 4.69) is 34.6 Å². The molecule has 1 aromatic rings. The summed E-state index contributed by atoms with van der Waals surface area (Å²) in [5.41, 5.74) is 0. The number of aryl methyl sites for hydroxylation is 1. The van der Waals surface area contributed by atoms with E-state index in [9.17, 15) is 0 Å². The van der Waals surface area contributed by atoms with Crippen molar-refractivity contribution in [1.29, 1.82) is 0 Å². The molecule has 2 rings (SSSR count). The second-order valence-electron chi connectivity index (χ2n) is 5.79. The fraction of sp³-hybridized carbons (Fsp3) is 0.929. The molecule has 0 radical (unpaired) electrons. The maximum absolute atomic E-state index is 4.34. The Bertz CT molecular complexity index is 376. The van der Waals surface area contributed by atoms with E-state index in [-0.39, 0.29) is 0 Å². The van der Waals surface area contributed by atoms with Crippen molar-refractivity contribution in [3.05, 3.63) is 5.82 Å². The molecule has 108 valence electrons. The fourth-order valence-electron chi connectivity index (χ4n) is 3.43. The lowest BCUT2D eigenvalue weighted by molar-refractivity contribution is 0.193. The fourth-order valence-corrected chi connectivity index (χ4v) is 3.43. The van der Waals surface area contributed by atoms with Crippen LogP contribution in [0.2, 0.25) is 0 Å². The number of tetrazole rings is 1. The number of aromatic nitrogens is 4. The monoisotopic (exact) mass is 265 g/mol. The summed E-state index contributed by atoms with van der Waals surface area (Å²) in [6, 6.07) is 0.627. The molecule has 5 nitrogen and oxygen atoms in total. The first-order valence-corrected chi connectivity index (χ1v) is 7.69. The highest BCUT2D eigenvalue weighted by Gasteiger charge is 2.30. The van der Waals surface area contributed by atoms with E-state index in [1.807, 2.05) is 7.05 Å². The van der Waals surface area contributed by atoms with E-state index >= 15 is 0 Å². The van der Waals surface area contributed by atoms with Crippen LogP contribution in [-0.2, 0) is 13.5 Å². The zero-order valence-electron chi connectivity index (χ0n) is 12.5. The van der Waals surface area contributed by atoms with Crippen LogP contribution in [0.15, 0.2) is 0 Å². The van der Waals surface area contributed by atoms with Gasteiger partial charge in [0.25, 0.3) is 0 Å². The Morgan fingerprint density at radius 1 is 1.32 bits per heavy atom. The van der Waals surface area contributed by atoms with Gasteiger partial charge >= 0.3 is 0 Å². The lowest BCUT2D eigenvalue weighted by Gasteiger charge is -2.36. The van der Waals surface area contributed by atoms with Gasteiger partial charge in [-0.25, -0.2) is 0 Å². The smallest absolute Gasteiger partial charge is 0.175 e. The average Bonchev–Trinajstić information content (AvgIpc) is 2.79. The summed E-state index contributed by atoms with van der Waals surface area (Å²) in [5, 5.41) is 16.1. The molecule has 0 bridgehead atoms. The summed E-state index contributed by atoms with van der Waals surface area (Å²) in [5.74, 6) is 2.45.